The second-order valence-corrected chi connectivity index (χ2v) is 6.26. The summed E-state index contributed by atoms with van der Waals surface area (Å²) in [4.78, 5) is 0. The van der Waals surface area contributed by atoms with E-state index < -0.39 is 8.03 Å². The molecule has 1 heterocycles. The van der Waals surface area contributed by atoms with Gasteiger partial charge in [0.05, 0.1) is 5.30 Å². The minimum Gasteiger partial charge on any atom is -0.441 e. The van der Waals surface area contributed by atoms with Crippen LogP contribution in [0.4, 0.5) is 0 Å². The molecule has 0 saturated heterocycles. The van der Waals surface area contributed by atoms with Gasteiger partial charge in [-0.2, -0.15) is 0 Å². The molecule has 0 spiro atoms. The maximum atomic E-state index is 12.6. The molecule has 4 rings (SSSR count). The Balaban J connectivity index is 2.02. The molecule has 1 aliphatic rings. The number of rotatable bonds is 1. The number of para-hydroxylation sites is 1. The van der Waals surface area contributed by atoms with E-state index in [-0.39, 0.29) is 0 Å². The van der Waals surface area contributed by atoms with Crippen LogP contribution in [0, 0.1) is 0 Å². The van der Waals surface area contributed by atoms with Crippen LogP contribution < -0.4 is 9.83 Å². The Morgan fingerprint density at radius 1 is 0.667 bits per heavy atom. The lowest BCUT2D eigenvalue weighted by Gasteiger charge is -2.22. The fourth-order valence-electron chi connectivity index (χ4n) is 2.78. The van der Waals surface area contributed by atoms with Crippen molar-refractivity contribution in [2.24, 2.45) is 0 Å². The third-order valence-corrected chi connectivity index (χ3v) is 5.09. The van der Waals surface area contributed by atoms with E-state index in [9.17, 15) is 4.57 Å². The van der Waals surface area contributed by atoms with Crippen molar-refractivity contribution >= 4 is 13.3 Å². The van der Waals surface area contributed by atoms with Crippen molar-refractivity contribution in [1.29, 1.82) is 0 Å². The molecule has 0 saturated carbocycles. The van der Waals surface area contributed by atoms with Crippen molar-refractivity contribution in [3.63, 3.8) is 0 Å². The van der Waals surface area contributed by atoms with Crippen molar-refractivity contribution in [1.82, 2.24) is 0 Å². The molecule has 0 amide bonds. The molecule has 0 N–H and O–H groups in total. The monoisotopic (exact) mass is 292 g/mol. The lowest BCUT2D eigenvalue weighted by Crippen LogP contribution is -2.13. The highest BCUT2D eigenvalue weighted by Crippen LogP contribution is 2.44. The third kappa shape index (κ3) is 2.00. The van der Waals surface area contributed by atoms with Gasteiger partial charge < -0.3 is 4.52 Å². The molecule has 3 aromatic carbocycles. The summed E-state index contributed by atoms with van der Waals surface area (Å²) in [5.41, 5.74) is 4.08. The van der Waals surface area contributed by atoms with Crippen molar-refractivity contribution in [2.45, 2.75) is 0 Å². The summed E-state index contributed by atoms with van der Waals surface area (Å²) in [6, 6.07) is 23.8. The van der Waals surface area contributed by atoms with E-state index in [0.717, 1.165) is 27.6 Å². The maximum Gasteiger partial charge on any atom is 0.267 e. The first-order valence-electron chi connectivity index (χ1n) is 6.84. The molecule has 3 aromatic rings. The van der Waals surface area contributed by atoms with Crippen LogP contribution in [0.5, 0.6) is 5.75 Å². The zero-order chi connectivity index (χ0) is 14.2. The summed E-state index contributed by atoms with van der Waals surface area (Å²) in [6.07, 6.45) is 0. The van der Waals surface area contributed by atoms with E-state index in [0.29, 0.717) is 5.75 Å². The summed E-state index contributed by atoms with van der Waals surface area (Å²) >= 11 is 0. The molecule has 1 unspecified atom stereocenters. The fraction of sp³-hybridized carbons (Fsp3) is 0. The molecule has 0 bridgehead atoms. The van der Waals surface area contributed by atoms with Gasteiger partial charge in [-0.15, -0.1) is 0 Å². The molecule has 2 nitrogen and oxygen atoms in total. The summed E-state index contributed by atoms with van der Waals surface area (Å²) in [5.74, 6) is 0.708. The Hall–Kier alpha value is -2.31. The van der Waals surface area contributed by atoms with Gasteiger partial charge in [-0.05, 0) is 22.8 Å². The van der Waals surface area contributed by atoms with Crippen LogP contribution in [0.2, 0.25) is 0 Å². The van der Waals surface area contributed by atoms with Crippen molar-refractivity contribution in [2.75, 3.05) is 0 Å². The fourth-order valence-corrected chi connectivity index (χ4v) is 4.15. The van der Waals surface area contributed by atoms with E-state index in [1.807, 2.05) is 72.8 Å². The second kappa shape index (κ2) is 4.91. The first kappa shape index (κ1) is 12.4. The Morgan fingerprint density at radius 3 is 2.19 bits per heavy atom. The molecule has 1 atom stereocenters. The zero-order valence-corrected chi connectivity index (χ0v) is 12.2. The van der Waals surface area contributed by atoms with E-state index >= 15 is 0 Å². The quantitative estimate of drug-likeness (QED) is 0.617. The van der Waals surface area contributed by atoms with Gasteiger partial charge in [0, 0.05) is 5.56 Å². The average molecular weight is 292 g/mol. The summed E-state index contributed by atoms with van der Waals surface area (Å²) < 4.78 is 18.3. The Labute approximate surface area is 123 Å². The van der Waals surface area contributed by atoms with E-state index in [1.165, 1.54) is 0 Å². The highest BCUT2D eigenvalue weighted by Gasteiger charge is 2.25. The summed E-state index contributed by atoms with van der Waals surface area (Å²) in [5, 5.41) is 0.826. The summed E-state index contributed by atoms with van der Waals surface area (Å²) in [7, 11) is -2.29. The van der Waals surface area contributed by atoms with Gasteiger partial charge >= 0.3 is 0 Å². The molecular weight excluding hydrogens is 279 g/mol. The topological polar surface area (TPSA) is 26.3 Å². The number of benzene rings is 3. The van der Waals surface area contributed by atoms with Gasteiger partial charge in [-0.3, -0.25) is 4.57 Å². The van der Waals surface area contributed by atoms with Crippen molar-refractivity contribution in [3.8, 4) is 28.0 Å². The van der Waals surface area contributed by atoms with Gasteiger partial charge in [-0.1, -0.05) is 66.7 Å². The predicted molar refractivity (Wildman–Crippen MR) is 86.6 cm³/mol. The standard InChI is InChI=1S/C18H13O2P/c19-21-18-14(13-7-2-1-3-8-13)10-6-11-16(18)15-9-4-5-12-17(15)20-21/h1-12,21H. The number of fused-ring (bicyclic) bond motifs is 3. The van der Waals surface area contributed by atoms with E-state index in [4.69, 9.17) is 4.52 Å². The third-order valence-electron chi connectivity index (χ3n) is 3.73. The van der Waals surface area contributed by atoms with Crippen LogP contribution in [0.3, 0.4) is 0 Å². The van der Waals surface area contributed by atoms with Crippen LogP contribution in [0.25, 0.3) is 22.3 Å². The Bertz CT molecular complexity index is 827. The lowest BCUT2D eigenvalue weighted by atomic mass is 9.98. The highest BCUT2D eigenvalue weighted by atomic mass is 31.1. The molecule has 3 heteroatoms. The smallest absolute Gasteiger partial charge is 0.267 e. The van der Waals surface area contributed by atoms with Gasteiger partial charge in [0.25, 0.3) is 8.03 Å². The van der Waals surface area contributed by atoms with Crippen LogP contribution >= 0.6 is 8.03 Å². The van der Waals surface area contributed by atoms with Crippen LogP contribution in [0.1, 0.15) is 0 Å². The van der Waals surface area contributed by atoms with Crippen LogP contribution in [0.15, 0.2) is 72.8 Å². The second-order valence-electron chi connectivity index (χ2n) is 4.98. The van der Waals surface area contributed by atoms with E-state index in [1.54, 1.807) is 0 Å². The van der Waals surface area contributed by atoms with Crippen LogP contribution in [-0.4, -0.2) is 0 Å². The average Bonchev–Trinajstić information content (AvgIpc) is 2.55. The normalized spacial score (nSPS) is 15.7. The predicted octanol–water partition coefficient (Wildman–Crippen LogP) is 4.51. The van der Waals surface area contributed by atoms with E-state index in [2.05, 4.69) is 0 Å². The highest BCUT2D eigenvalue weighted by molar-refractivity contribution is 7.49. The van der Waals surface area contributed by atoms with Gasteiger partial charge in [-0.25, -0.2) is 0 Å². The van der Waals surface area contributed by atoms with Crippen molar-refractivity contribution < 1.29 is 9.09 Å². The van der Waals surface area contributed by atoms with Crippen LogP contribution in [-0.2, 0) is 4.57 Å². The molecule has 21 heavy (non-hydrogen) atoms. The summed E-state index contributed by atoms with van der Waals surface area (Å²) in [6.45, 7) is 0. The molecule has 102 valence electrons. The lowest BCUT2D eigenvalue weighted by molar-refractivity contribution is 0.513. The number of hydrogen-bond donors (Lipinski definition) is 0. The molecule has 1 aliphatic heterocycles. The molecule has 0 aliphatic carbocycles. The molecule has 0 aromatic heterocycles. The molecule has 0 radical (unpaired) electrons. The van der Waals surface area contributed by atoms with Gasteiger partial charge in [0.1, 0.15) is 5.75 Å². The number of hydrogen-bond acceptors (Lipinski definition) is 2. The molecule has 0 fully saturated rings. The largest absolute Gasteiger partial charge is 0.441 e. The van der Waals surface area contributed by atoms with Gasteiger partial charge in [0.2, 0.25) is 0 Å². The minimum atomic E-state index is -2.29. The first-order chi connectivity index (χ1) is 10.3. The molecular formula is C18H13O2P. The maximum absolute atomic E-state index is 12.6. The SMILES string of the molecule is O=[PH]1Oc2ccccc2-c2cccc(-c3ccccc3)c21. The van der Waals surface area contributed by atoms with Crippen molar-refractivity contribution in [3.05, 3.63) is 72.8 Å². The minimum absolute atomic E-state index is 0.708. The van der Waals surface area contributed by atoms with Gasteiger partial charge in [0.15, 0.2) is 0 Å². The Kier molecular flexibility index (Phi) is 2.90. The zero-order valence-electron chi connectivity index (χ0n) is 11.2. The Morgan fingerprint density at radius 2 is 1.33 bits per heavy atom. The first-order valence-corrected chi connectivity index (χ1v) is 8.16.